The highest BCUT2D eigenvalue weighted by Gasteiger charge is 2.05. The summed E-state index contributed by atoms with van der Waals surface area (Å²) in [5, 5.41) is 3.52. The quantitative estimate of drug-likeness (QED) is 0.862. The molecular weight excluding hydrogens is 236 g/mol. The van der Waals surface area contributed by atoms with Gasteiger partial charge >= 0.3 is 0 Å². The Labute approximate surface area is 114 Å². The molecule has 1 heterocycles. The summed E-state index contributed by atoms with van der Waals surface area (Å²) in [6, 6.07) is 12.6. The minimum absolute atomic E-state index is 0.317. The van der Waals surface area contributed by atoms with Crippen LogP contribution in [0, 0.1) is 0 Å². The van der Waals surface area contributed by atoms with Crippen LogP contribution in [-0.2, 0) is 6.42 Å². The fourth-order valence-corrected chi connectivity index (χ4v) is 2.01. The first kappa shape index (κ1) is 13.6. The molecule has 0 unspecified atom stereocenters. The average Bonchev–Trinajstić information content (AvgIpc) is 2.48. The number of rotatable bonds is 6. The summed E-state index contributed by atoms with van der Waals surface area (Å²) >= 11 is 0. The van der Waals surface area contributed by atoms with Gasteiger partial charge in [-0.25, -0.2) is 0 Å². The number of nitrogens with zero attached hydrogens (tertiary/aromatic N) is 1. The predicted octanol–water partition coefficient (Wildman–Crippen LogP) is 2.98. The molecule has 1 aromatic carbocycles. The van der Waals surface area contributed by atoms with E-state index in [2.05, 4.69) is 41.5 Å². The Morgan fingerprint density at radius 2 is 2.00 bits per heavy atom. The maximum atomic E-state index is 5.24. The first-order valence-corrected chi connectivity index (χ1v) is 6.56. The summed E-state index contributed by atoms with van der Waals surface area (Å²) in [6.07, 6.45) is 4.68. The van der Waals surface area contributed by atoms with E-state index in [9.17, 15) is 0 Å². The van der Waals surface area contributed by atoms with Gasteiger partial charge in [-0.05, 0) is 55.3 Å². The highest BCUT2D eigenvalue weighted by molar-refractivity contribution is 5.30. The SMILES string of the molecule is COc1cccc([C@@H](C)NCCc2ccncc2)c1. The molecule has 100 valence electrons. The van der Waals surface area contributed by atoms with Crippen LogP contribution in [0.15, 0.2) is 48.8 Å². The number of methoxy groups -OCH3 is 1. The Kier molecular flexibility index (Phi) is 4.93. The van der Waals surface area contributed by atoms with Crippen LogP contribution in [0.2, 0.25) is 0 Å². The van der Waals surface area contributed by atoms with Gasteiger partial charge in [0.25, 0.3) is 0 Å². The molecule has 0 spiro atoms. The molecule has 0 radical (unpaired) electrons. The number of nitrogens with one attached hydrogen (secondary N) is 1. The van der Waals surface area contributed by atoms with Gasteiger partial charge in [0.1, 0.15) is 5.75 Å². The highest BCUT2D eigenvalue weighted by atomic mass is 16.5. The van der Waals surface area contributed by atoms with E-state index < -0.39 is 0 Å². The standard InChI is InChI=1S/C16H20N2O/c1-13(15-4-3-5-16(12-15)19-2)18-11-8-14-6-9-17-10-7-14/h3-7,9-10,12-13,18H,8,11H2,1-2H3/t13-/m1/s1. The smallest absolute Gasteiger partial charge is 0.119 e. The summed E-state index contributed by atoms with van der Waals surface area (Å²) in [5.41, 5.74) is 2.55. The zero-order valence-electron chi connectivity index (χ0n) is 11.5. The van der Waals surface area contributed by atoms with E-state index in [1.165, 1.54) is 11.1 Å². The van der Waals surface area contributed by atoms with Crippen molar-refractivity contribution in [2.45, 2.75) is 19.4 Å². The normalized spacial score (nSPS) is 12.1. The largest absolute Gasteiger partial charge is 0.497 e. The van der Waals surface area contributed by atoms with Crippen LogP contribution in [0.4, 0.5) is 0 Å². The predicted molar refractivity (Wildman–Crippen MR) is 77.4 cm³/mol. The molecule has 2 rings (SSSR count). The molecule has 2 aromatic rings. The van der Waals surface area contributed by atoms with E-state index in [0.717, 1.165) is 18.7 Å². The zero-order valence-corrected chi connectivity index (χ0v) is 11.5. The maximum absolute atomic E-state index is 5.24. The summed E-state index contributed by atoms with van der Waals surface area (Å²) in [7, 11) is 1.70. The molecule has 0 bridgehead atoms. The van der Waals surface area contributed by atoms with Crippen LogP contribution in [0.1, 0.15) is 24.1 Å². The molecule has 3 nitrogen and oxygen atoms in total. The fourth-order valence-electron chi connectivity index (χ4n) is 2.01. The Hall–Kier alpha value is -1.87. The summed E-state index contributed by atoms with van der Waals surface area (Å²) < 4.78 is 5.24. The van der Waals surface area contributed by atoms with Crippen molar-refractivity contribution in [2.24, 2.45) is 0 Å². The topological polar surface area (TPSA) is 34.1 Å². The van der Waals surface area contributed by atoms with Crippen molar-refractivity contribution in [2.75, 3.05) is 13.7 Å². The van der Waals surface area contributed by atoms with Crippen LogP contribution in [0.5, 0.6) is 5.75 Å². The van der Waals surface area contributed by atoms with Crippen LogP contribution >= 0.6 is 0 Å². The van der Waals surface area contributed by atoms with Crippen LogP contribution < -0.4 is 10.1 Å². The molecule has 0 aliphatic heterocycles. The second-order valence-electron chi connectivity index (χ2n) is 4.56. The van der Waals surface area contributed by atoms with Gasteiger partial charge in [-0.2, -0.15) is 0 Å². The number of benzene rings is 1. The molecule has 0 saturated carbocycles. The lowest BCUT2D eigenvalue weighted by Gasteiger charge is -2.15. The van der Waals surface area contributed by atoms with Crippen LogP contribution in [-0.4, -0.2) is 18.6 Å². The molecule has 0 fully saturated rings. The molecule has 1 aromatic heterocycles. The van der Waals surface area contributed by atoms with Gasteiger partial charge in [0.05, 0.1) is 7.11 Å². The zero-order chi connectivity index (χ0) is 13.5. The first-order valence-electron chi connectivity index (χ1n) is 6.56. The van der Waals surface area contributed by atoms with E-state index in [4.69, 9.17) is 4.74 Å². The van der Waals surface area contributed by atoms with Gasteiger partial charge in [0.2, 0.25) is 0 Å². The van der Waals surface area contributed by atoms with Crippen molar-refractivity contribution in [1.82, 2.24) is 10.3 Å². The first-order chi connectivity index (χ1) is 9.29. The number of hydrogen-bond acceptors (Lipinski definition) is 3. The molecule has 19 heavy (non-hydrogen) atoms. The maximum Gasteiger partial charge on any atom is 0.119 e. The minimum Gasteiger partial charge on any atom is -0.497 e. The highest BCUT2D eigenvalue weighted by Crippen LogP contribution is 2.18. The van der Waals surface area contributed by atoms with Gasteiger partial charge in [-0.15, -0.1) is 0 Å². The Bertz CT molecular complexity index is 499. The molecule has 0 aliphatic carbocycles. The van der Waals surface area contributed by atoms with Crippen molar-refractivity contribution in [3.05, 3.63) is 59.9 Å². The van der Waals surface area contributed by atoms with Crippen molar-refractivity contribution < 1.29 is 4.74 Å². The summed E-state index contributed by atoms with van der Waals surface area (Å²) in [4.78, 5) is 4.02. The Morgan fingerprint density at radius 3 is 2.74 bits per heavy atom. The second-order valence-corrected chi connectivity index (χ2v) is 4.56. The molecular formula is C16H20N2O. The van der Waals surface area contributed by atoms with Crippen LogP contribution in [0.3, 0.4) is 0 Å². The van der Waals surface area contributed by atoms with E-state index in [1.807, 2.05) is 24.5 Å². The number of hydrogen-bond donors (Lipinski definition) is 1. The third-order valence-electron chi connectivity index (χ3n) is 3.21. The van der Waals surface area contributed by atoms with Crippen molar-refractivity contribution in [3.63, 3.8) is 0 Å². The molecule has 1 atom stereocenters. The van der Waals surface area contributed by atoms with Gasteiger partial charge in [0, 0.05) is 18.4 Å². The van der Waals surface area contributed by atoms with Crippen molar-refractivity contribution >= 4 is 0 Å². The van der Waals surface area contributed by atoms with Crippen LogP contribution in [0.25, 0.3) is 0 Å². The van der Waals surface area contributed by atoms with Crippen molar-refractivity contribution in [3.8, 4) is 5.75 Å². The molecule has 0 amide bonds. The fraction of sp³-hybridized carbons (Fsp3) is 0.312. The van der Waals surface area contributed by atoms with Gasteiger partial charge in [-0.1, -0.05) is 12.1 Å². The van der Waals surface area contributed by atoms with Gasteiger partial charge in [0.15, 0.2) is 0 Å². The Balaban J connectivity index is 1.85. The van der Waals surface area contributed by atoms with Crippen molar-refractivity contribution in [1.29, 1.82) is 0 Å². The number of ether oxygens (including phenoxy) is 1. The van der Waals surface area contributed by atoms with Gasteiger partial charge < -0.3 is 10.1 Å². The molecule has 0 aliphatic rings. The molecule has 3 heteroatoms. The molecule has 0 saturated heterocycles. The second kappa shape index (κ2) is 6.90. The third kappa shape index (κ3) is 4.07. The lowest BCUT2D eigenvalue weighted by atomic mass is 10.1. The summed E-state index contributed by atoms with van der Waals surface area (Å²) in [5.74, 6) is 0.903. The van der Waals surface area contributed by atoms with E-state index >= 15 is 0 Å². The van der Waals surface area contributed by atoms with E-state index in [-0.39, 0.29) is 0 Å². The van der Waals surface area contributed by atoms with E-state index in [1.54, 1.807) is 7.11 Å². The lowest BCUT2D eigenvalue weighted by Crippen LogP contribution is -2.21. The van der Waals surface area contributed by atoms with Gasteiger partial charge in [-0.3, -0.25) is 4.98 Å². The lowest BCUT2D eigenvalue weighted by molar-refractivity contribution is 0.413. The number of pyridine rings is 1. The monoisotopic (exact) mass is 256 g/mol. The summed E-state index contributed by atoms with van der Waals surface area (Å²) in [6.45, 7) is 3.11. The third-order valence-corrected chi connectivity index (χ3v) is 3.21. The minimum atomic E-state index is 0.317. The Morgan fingerprint density at radius 1 is 1.21 bits per heavy atom. The van der Waals surface area contributed by atoms with E-state index in [0.29, 0.717) is 6.04 Å². The molecule has 1 N–H and O–H groups in total. The number of aromatic nitrogens is 1. The average molecular weight is 256 g/mol.